The Morgan fingerprint density at radius 3 is 2.29 bits per heavy atom. The summed E-state index contributed by atoms with van der Waals surface area (Å²) in [4.78, 5) is 25.6. The van der Waals surface area contributed by atoms with Gasteiger partial charge in [-0.1, -0.05) is 63.2 Å². The van der Waals surface area contributed by atoms with Crippen LogP contribution in [-0.2, 0) is 24.9 Å². The fourth-order valence-corrected chi connectivity index (χ4v) is 5.06. The highest BCUT2D eigenvalue weighted by molar-refractivity contribution is 6.04. The van der Waals surface area contributed by atoms with Crippen molar-refractivity contribution in [2.24, 2.45) is 5.73 Å². The average Bonchev–Trinajstić information content (AvgIpc) is 3.22. The Morgan fingerprint density at radius 2 is 1.68 bits per heavy atom. The van der Waals surface area contributed by atoms with Crippen molar-refractivity contribution < 1.29 is 19.1 Å². The molecule has 1 aliphatic heterocycles. The number of anilines is 2. The molecule has 9 heteroatoms. The maximum atomic E-state index is 12.9. The molecule has 0 atom stereocenters. The molecule has 9 nitrogen and oxygen atoms in total. The van der Waals surface area contributed by atoms with Gasteiger partial charge in [0.1, 0.15) is 34.1 Å². The maximum Gasteiger partial charge on any atom is 0.259 e. The van der Waals surface area contributed by atoms with Gasteiger partial charge in [-0.3, -0.25) is 9.59 Å². The molecule has 2 amide bonds. The number of nitrogens with one attached hydrogen (secondary N) is 2. The van der Waals surface area contributed by atoms with E-state index in [1.54, 1.807) is 18.2 Å². The molecule has 3 aromatic carbocycles. The Labute approximate surface area is 239 Å². The van der Waals surface area contributed by atoms with E-state index in [0.717, 1.165) is 23.2 Å². The van der Waals surface area contributed by atoms with E-state index >= 15 is 0 Å². The van der Waals surface area contributed by atoms with Crippen LogP contribution in [0.15, 0.2) is 60.7 Å². The number of primary amides is 1. The second kappa shape index (κ2) is 11.0. The Hall–Kier alpha value is -4.79. The SMILES string of the molecule is COc1cccc(OC)c1C(=O)NCc1ccc(-c2nn3c(c2C(N)=O)Nc2ccc(C(C)(C)C)cc2CC3)cc1. The van der Waals surface area contributed by atoms with Gasteiger partial charge in [-0.25, -0.2) is 4.68 Å². The lowest BCUT2D eigenvalue weighted by Crippen LogP contribution is -2.24. The van der Waals surface area contributed by atoms with E-state index in [-0.39, 0.29) is 17.9 Å². The molecular weight excluding hydrogens is 518 g/mol. The predicted octanol–water partition coefficient (Wildman–Crippen LogP) is 5.19. The van der Waals surface area contributed by atoms with Gasteiger partial charge >= 0.3 is 0 Å². The number of carbonyl (C=O) groups is 2. The molecule has 5 rings (SSSR count). The van der Waals surface area contributed by atoms with Gasteiger partial charge in [0.15, 0.2) is 0 Å². The minimum absolute atomic E-state index is 0.0384. The van der Waals surface area contributed by atoms with Gasteiger partial charge in [-0.05, 0) is 46.7 Å². The summed E-state index contributed by atoms with van der Waals surface area (Å²) >= 11 is 0. The lowest BCUT2D eigenvalue weighted by Gasteiger charge is -2.21. The molecule has 4 N–H and O–H groups in total. The third kappa shape index (κ3) is 5.48. The van der Waals surface area contributed by atoms with Crippen molar-refractivity contribution >= 4 is 23.3 Å². The second-order valence-corrected chi connectivity index (χ2v) is 11.1. The zero-order valence-electron chi connectivity index (χ0n) is 24.0. The Morgan fingerprint density at radius 1 is 1.00 bits per heavy atom. The minimum atomic E-state index is -0.550. The van der Waals surface area contributed by atoms with Crippen molar-refractivity contribution in [2.75, 3.05) is 19.5 Å². The molecule has 0 bridgehead atoms. The van der Waals surface area contributed by atoms with E-state index in [2.05, 4.69) is 49.6 Å². The van der Waals surface area contributed by atoms with Crippen LogP contribution < -0.4 is 25.8 Å². The summed E-state index contributed by atoms with van der Waals surface area (Å²) in [6.45, 7) is 7.48. The summed E-state index contributed by atoms with van der Waals surface area (Å²) in [5.41, 5.74) is 12.1. The van der Waals surface area contributed by atoms with Crippen molar-refractivity contribution in [1.29, 1.82) is 0 Å². The molecule has 1 aromatic heterocycles. The van der Waals surface area contributed by atoms with Crippen LogP contribution in [0, 0.1) is 0 Å². The summed E-state index contributed by atoms with van der Waals surface area (Å²) in [5.74, 6) is 0.601. The lowest BCUT2D eigenvalue weighted by atomic mass is 9.85. The largest absolute Gasteiger partial charge is 0.496 e. The number of rotatable bonds is 7. The first-order valence-corrected chi connectivity index (χ1v) is 13.5. The van der Waals surface area contributed by atoms with Crippen LogP contribution in [0.4, 0.5) is 11.5 Å². The molecule has 0 saturated carbocycles. The number of methoxy groups -OCH3 is 2. The number of ether oxygens (including phenoxy) is 2. The van der Waals surface area contributed by atoms with Crippen molar-refractivity contribution in [2.45, 2.75) is 45.7 Å². The molecule has 0 radical (unpaired) electrons. The molecule has 41 heavy (non-hydrogen) atoms. The number of hydrogen-bond donors (Lipinski definition) is 3. The van der Waals surface area contributed by atoms with E-state index in [0.29, 0.717) is 40.7 Å². The highest BCUT2D eigenvalue weighted by atomic mass is 16.5. The van der Waals surface area contributed by atoms with Gasteiger partial charge in [0.05, 0.1) is 14.2 Å². The number of benzene rings is 3. The number of hydrogen-bond acceptors (Lipinski definition) is 6. The third-order valence-electron chi connectivity index (χ3n) is 7.35. The molecule has 0 fully saturated rings. The molecule has 0 unspecified atom stereocenters. The van der Waals surface area contributed by atoms with Gasteiger partial charge in [-0.2, -0.15) is 5.10 Å². The topological polar surface area (TPSA) is 120 Å². The summed E-state index contributed by atoms with van der Waals surface area (Å²) in [5, 5.41) is 11.1. The zero-order valence-corrected chi connectivity index (χ0v) is 24.0. The minimum Gasteiger partial charge on any atom is -0.496 e. The summed E-state index contributed by atoms with van der Waals surface area (Å²) in [6, 6.07) is 19.1. The Kier molecular flexibility index (Phi) is 7.45. The predicted molar refractivity (Wildman–Crippen MR) is 159 cm³/mol. The molecule has 212 valence electrons. The molecule has 1 aliphatic rings. The van der Waals surface area contributed by atoms with Gasteiger partial charge < -0.3 is 25.8 Å². The van der Waals surface area contributed by atoms with Crippen molar-refractivity contribution in [3.63, 3.8) is 0 Å². The van der Waals surface area contributed by atoms with Crippen molar-refractivity contribution in [3.05, 3.63) is 88.5 Å². The van der Waals surface area contributed by atoms with E-state index in [1.165, 1.54) is 25.3 Å². The highest BCUT2D eigenvalue weighted by Gasteiger charge is 2.27. The number of aromatic nitrogens is 2. The third-order valence-corrected chi connectivity index (χ3v) is 7.35. The van der Waals surface area contributed by atoms with Gasteiger partial charge in [0, 0.05) is 24.3 Å². The molecule has 0 aliphatic carbocycles. The first-order valence-electron chi connectivity index (χ1n) is 13.5. The maximum absolute atomic E-state index is 12.9. The van der Waals surface area contributed by atoms with Gasteiger partial charge in [0.25, 0.3) is 11.8 Å². The van der Waals surface area contributed by atoms with Crippen LogP contribution in [0.3, 0.4) is 0 Å². The molecule has 2 heterocycles. The van der Waals surface area contributed by atoms with Crippen molar-refractivity contribution in [1.82, 2.24) is 15.1 Å². The number of aryl methyl sites for hydroxylation is 2. The van der Waals surface area contributed by atoms with Crippen molar-refractivity contribution in [3.8, 4) is 22.8 Å². The standard InChI is InChI=1S/C32H35N5O4/c1-32(2,3)22-13-14-23-21(17-22)15-16-37-30(35-23)27(29(33)38)28(36-37)20-11-9-19(10-12-20)18-34-31(39)26-24(40-4)7-6-8-25(26)41-5/h6-14,17,35H,15-16,18H2,1-5H3,(H2,33,38)(H,34,39). The van der Waals surface area contributed by atoms with E-state index in [1.807, 2.05) is 28.9 Å². The number of carbonyl (C=O) groups excluding carboxylic acids is 2. The number of fused-ring (bicyclic) bond motifs is 2. The van der Waals surface area contributed by atoms with Crippen LogP contribution in [0.5, 0.6) is 11.5 Å². The van der Waals surface area contributed by atoms with E-state index < -0.39 is 5.91 Å². The quantitative estimate of drug-likeness (QED) is 0.290. The average molecular weight is 554 g/mol. The fraction of sp³-hybridized carbons (Fsp3) is 0.281. The fourth-order valence-electron chi connectivity index (χ4n) is 5.06. The second-order valence-electron chi connectivity index (χ2n) is 11.1. The van der Waals surface area contributed by atoms with Crippen LogP contribution in [0.2, 0.25) is 0 Å². The first kappa shape index (κ1) is 27.8. The van der Waals surface area contributed by atoms with Gasteiger partial charge in [-0.15, -0.1) is 0 Å². The lowest BCUT2D eigenvalue weighted by molar-refractivity contribution is 0.0943. The van der Waals surface area contributed by atoms with Crippen LogP contribution in [0.1, 0.15) is 58.2 Å². The molecule has 0 saturated heterocycles. The first-order chi connectivity index (χ1) is 19.6. The summed E-state index contributed by atoms with van der Waals surface area (Å²) in [7, 11) is 3.02. The molecule has 4 aromatic rings. The highest BCUT2D eigenvalue weighted by Crippen LogP contribution is 2.36. The summed E-state index contributed by atoms with van der Waals surface area (Å²) < 4.78 is 12.5. The Balaban J connectivity index is 1.37. The monoisotopic (exact) mass is 553 g/mol. The number of nitrogens with two attached hydrogens (primary N) is 1. The Bertz CT molecular complexity index is 1590. The normalized spacial score (nSPS) is 12.4. The smallest absolute Gasteiger partial charge is 0.259 e. The van der Waals surface area contributed by atoms with Crippen LogP contribution >= 0.6 is 0 Å². The van der Waals surface area contributed by atoms with E-state index in [9.17, 15) is 9.59 Å². The van der Waals surface area contributed by atoms with Gasteiger partial charge in [0.2, 0.25) is 0 Å². The molecule has 0 spiro atoms. The number of nitrogens with zero attached hydrogens (tertiary/aromatic N) is 2. The zero-order chi connectivity index (χ0) is 29.3. The summed E-state index contributed by atoms with van der Waals surface area (Å²) in [6.07, 6.45) is 0.772. The van der Waals surface area contributed by atoms with Crippen LogP contribution in [0.25, 0.3) is 11.3 Å². The number of amides is 2. The van der Waals surface area contributed by atoms with Crippen LogP contribution in [-0.4, -0.2) is 35.8 Å². The molecular formula is C32H35N5O4. The van der Waals surface area contributed by atoms with E-state index in [4.69, 9.17) is 20.3 Å².